The fourth-order valence-electron chi connectivity index (χ4n) is 10.4. The number of anilines is 1. The highest BCUT2D eigenvalue weighted by atomic mass is 32.2. The SMILES string of the molecule is CC(C)(C)[C@](C)(O)c1ccccc1.CC1CCC(C(C)(C)c2ccccc2)C(CC(C)(C)C)C1.CC[C@H](O)COc1c(C)ncc(COCc2ccccc2)c1CC(C)(C)C.CN(C)C(=O)SC(=O)N(C)c1ccc(CC(C)(C)C)cc1. The molecule has 1 saturated carbocycles. The topological polar surface area (TPSA) is 112 Å². The second kappa shape index (κ2) is 31.8. The minimum absolute atomic E-state index is 0.101. The van der Waals surface area contributed by atoms with Crippen molar-refractivity contribution < 1.29 is 29.3 Å². The van der Waals surface area contributed by atoms with Crippen LogP contribution in [0.2, 0.25) is 0 Å². The highest BCUT2D eigenvalue weighted by Gasteiger charge is 2.41. The second-order valence-electron chi connectivity index (χ2n) is 28.6. The third-order valence-electron chi connectivity index (χ3n) is 15.6. The molecule has 0 radical (unpaired) electrons. The van der Waals surface area contributed by atoms with Crippen LogP contribution in [-0.2, 0) is 41.8 Å². The molecule has 1 aliphatic carbocycles. The number of rotatable bonds is 15. The summed E-state index contributed by atoms with van der Waals surface area (Å²) in [5.41, 5.74) is 8.85. The summed E-state index contributed by atoms with van der Waals surface area (Å²) in [6.45, 7) is 41.0. The van der Waals surface area contributed by atoms with Gasteiger partial charge in [0, 0.05) is 55.9 Å². The molecule has 3 unspecified atom stereocenters. The first-order valence-electron chi connectivity index (χ1n) is 29.9. The second-order valence-corrected chi connectivity index (χ2v) is 29.5. The molecule has 1 fully saturated rings. The predicted octanol–water partition coefficient (Wildman–Crippen LogP) is 18.5. The van der Waals surface area contributed by atoms with E-state index in [-0.39, 0.29) is 38.7 Å². The zero-order valence-corrected chi connectivity index (χ0v) is 55.5. The highest BCUT2D eigenvalue weighted by molar-refractivity contribution is 8.26. The van der Waals surface area contributed by atoms with Crippen LogP contribution >= 0.6 is 11.8 Å². The monoisotopic (exact) mass is 1140 g/mol. The number of benzene rings is 4. The van der Waals surface area contributed by atoms with Gasteiger partial charge in [0.05, 0.1) is 30.6 Å². The van der Waals surface area contributed by atoms with E-state index in [1.54, 1.807) is 21.1 Å². The van der Waals surface area contributed by atoms with Gasteiger partial charge in [-0.15, -0.1) is 0 Å². The third kappa shape index (κ3) is 24.3. The molecule has 0 saturated heterocycles. The maximum absolute atomic E-state index is 12.0. The Balaban J connectivity index is 0.000000295. The average Bonchev–Trinajstić information content (AvgIpc) is 3.59. The van der Waals surface area contributed by atoms with Crippen molar-refractivity contribution >= 4 is 27.9 Å². The first kappa shape index (κ1) is 71.3. The van der Waals surface area contributed by atoms with Crippen LogP contribution in [0.15, 0.2) is 121 Å². The number of thioether (sulfide) groups is 1. The number of pyridine rings is 1. The molecule has 1 aliphatic rings. The van der Waals surface area contributed by atoms with Gasteiger partial charge in [0.1, 0.15) is 12.4 Å². The standard InChI is InChI=1S/C23H33NO3.C21H34.C16H24N2O2S.C12H18O/c1-6-20(25)16-27-22-17(2)24-13-19(21(22)12-23(3,4)5)15-26-14-18-10-8-7-9-11-18;1-16-12-13-19(17(14-16)15-20(2,3)4)21(5,6)18-10-8-7-9-11-18;1-16(2,3)11-12-7-9-13(10-8-12)18(6)15(20)21-14(19)17(4)5;1-11(2,3)12(4,13)10-8-6-5-7-9-10/h7-11,13,20,25H,6,12,14-16H2,1-5H3;7-11,16-17,19H,12-15H2,1-6H3;7-10H,11H2,1-6H3;5-9,13H,1-4H3/t20-;;;12-/m0..1/s1. The Morgan fingerprint density at radius 1 is 0.671 bits per heavy atom. The minimum Gasteiger partial charge on any atom is -0.489 e. The van der Waals surface area contributed by atoms with Crippen LogP contribution in [0.1, 0.15) is 189 Å². The molecular weight excluding hydrogens is 1030 g/mol. The van der Waals surface area contributed by atoms with Gasteiger partial charge in [-0.05, 0) is 132 Å². The molecule has 2 N–H and O–H groups in total. The van der Waals surface area contributed by atoms with Crippen LogP contribution in [-0.4, -0.2) is 64.4 Å². The van der Waals surface area contributed by atoms with Crippen LogP contribution < -0.4 is 9.64 Å². The lowest BCUT2D eigenvalue weighted by Gasteiger charge is -2.46. The van der Waals surface area contributed by atoms with E-state index in [9.17, 15) is 19.8 Å². The van der Waals surface area contributed by atoms with Crippen molar-refractivity contribution in [1.82, 2.24) is 9.88 Å². The molecule has 5 aromatic rings. The summed E-state index contributed by atoms with van der Waals surface area (Å²) in [4.78, 5) is 31.0. The number of aliphatic hydroxyl groups excluding tert-OH is 1. The van der Waals surface area contributed by atoms with Gasteiger partial charge in [0.25, 0.3) is 10.5 Å². The molecule has 4 aromatic carbocycles. The van der Waals surface area contributed by atoms with Crippen LogP contribution in [0.4, 0.5) is 15.3 Å². The Bertz CT molecular complexity index is 2640. The van der Waals surface area contributed by atoms with Crippen LogP contribution in [0.25, 0.3) is 0 Å². The number of amides is 2. The van der Waals surface area contributed by atoms with Crippen molar-refractivity contribution in [1.29, 1.82) is 0 Å². The third-order valence-corrected chi connectivity index (χ3v) is 16.6. The van der Waals surface area contributed by atoms with Crippen molar-refractivity contribution in [3.63, 3.8) is 0 Å². The lowest BCUT2D eigenvalue weighted by molar-refractivity contribution is -0.0470. The van der Waals surface area contributed by atoms with Crippen molar-refractivity contribution in [2.24, 2.45) is 39.4 Å². The molecule has 0 spiro atoms. The largest absolute Gasteiger partial charge is 0.489 e. The summed E-state index contributed by atoms with van der Waals surface area (Å²) in [7, 11) is 4.94. The number of aryl methyl sites for hydroxylation is 1. The van der Waals surface area contributed by atoms with E-state index < -0.39 is 11.7 Å². The normalized spacial score (nSPS) is 16.8. The molecule has 6 rings (SSSR count). The molecule has 2 amide bonds. The number of hydrogen-bond donors (Lipinski definition) is 2. The Labute approximate surface area is 502 Å². The zero-order valence-electron chi connectivity index (χ0n) is 54.7. The molecule has 1 heterocycles. The van der Waals surface area contributed by atoms with Gasteiger partial charge in [-0.2, -0.15) is 0 Å². The van der Waals surface area contributed by atoms with Crippen molar-refractivity contribution in [3.05, 3.63) is 161 Å². The van der Waals surface area contributed by atoms with Crippen molar-refractivity contribution in [2.75, 3.05) is 32.6 Å². The first-order valence-corrected chi connectivity index (χ1v) is 30.8. The fourth-order valence-corrected chi connectivity index (χ4v) is 11.0. The predicted molar refractivity (Wildman–Crippen MR) is 348 cm³/mol. The Kier molecular flexibility index (Phi) is 27.6. The van der Waals surface area contributed by atoms with Gasteiger partial charge >= 0.3 is 0 Å². The van der Waals surface area contributed by atoms with E-state index in [1.165, 1.54) is 46.6 Å². The number of aromatic nitrogens is 1. The van der Waals surface area contributed by atoms with Crippen molar-refractivity contribution in [3.8, 4) is 5.75 Å². The highest BCUT2D eigenvalue weighted by Crippen LogP contribution is 2.49. The number of carbonyl (C=O) groups is 2. The summed E-state index contributed by atoms with van der Waals surface area (Å²) in [5.74, 6) is 3.37. The van der Waals surface area contributed by atoms with Crippen LogP contribution in [0, 0.1) is 46.3 Å². The summed E-state index contributed by atoms with van der Waals surface area (Å²) >= 11 is 0.699. The molecular formula is C72H109N3O6S. The number of nitrogens with zero attached hydrogens (tertiary/aromatic N) is 3. The maximum atomic E-state index is 12.0. The van der Waals surface area contributed by atoms with E-state index in [0.29, 0.717) is 36.8 Å². The summed E-state index contributed by atoms with van der Waals surface area (Å²) < 4.78 is 12.0. The van der Waals surface area contributed by atoms with Gasteiger partial charge in [-0.25, -0.2) is 0 Å². The molecule has 0 bridgehead atoms. The minimum atomic E-state index is -0.770. The van der Waals surface area contributed by atoms with Crippen LogP contribution in [0.3, 0.4) is 0 Å². The number of ether oxygens (including phenoxy) is 2. The molecule has 1 aromatic heterocycles. The van der Waals surface area contributed by atoms with Gasteiger partial charge in [-0.3, -0.25) is 14.6 Å². The first-order chi connectivity index (χ1) is 38.0. The summed E-state index contributed by atoms with van der Waals surface area (Å²) in [6, 6.07) is 39.0. The quantitative estimate of drug-likeness (QED) is 0.107. The molecule has 82 heavy (non-hydrogen) atoms. The molecule has 0 aliphatic heterocycles. The maximum Gasteiger partial charge on any atom is 0.295 e. The average molecular weight is 1140 g/mol. The molecule has 454 valence electrons. The van der Waals surface area contributed by atoms with Crippen LogP contribution in [0.5, 0.6) is 5.75 Å². The summed E-state index contributed by atoms with van der Waals surface area (Å²) in [5, 5.41) is 19.7. The summed E-state index contributed by atoms with van der Waals surface area (Å²) in [6.07, 6.45) is 9.51. The number of aliphatic hydroxyl groups is 2. The van der Waals surface area contributed by atoms with Gasteiger partial charge in [-0.1, -0.05) is 220 Å². The molecule has 9 nitrogen and oxygen atoms in total. The fraction of sp³-hybridized carbons (Fsp3) is 0.569. The Morgan fingerprint density at radius 3 is 1.68 bits per heavy atom. The lowest BCUT2D eigenvalue weighted by Crippen LogP contribution is -2.39. The molecule has 10 heteroatoms. The Hall–Kier alpha value is -5.00. The van der Waals surface area contributed by atoms with Gasteiger partial charge in [0.2, 0.25) is 0 Å². The van der Waals surface area contributed by atoms with Crippen molar-refractivity contribution in [2.45, 2.75) is 200 Å². The van der Waals surface area contributed by atoms with E-state index >= 15 is 0 Å². The lowest BCUT2D eigenvalue weighted by atomic mass is 9.58. The Morgan fingerprint density at radius 2 is 1.20 bits per heavy atom. The zero-order chi connectivity index (χ0) is 61.9. The van der Waals surface area contributed by atoms with E-state index in [1.807, 2.05) is 121 Å². The number of hydrogen-bond acceptors (Lipinski definition) is 8. The number of carbonyl (C=O) groups excluding carboxylic acids is 2. The van der Waals surface area contributed by atoms with Gasteiger partial charge < -0.3 is 29.5 Å². The van der Waals surface area contributed by atoms with Gasteiger partial charge in [0.15, 0.2) is 0 Å². The molecule has 5 atom stereocenters. The van der Waals surface area contributed by atoms with E-state index in [2.05, 4.69) is 131 Å². The van der Waals surface area contributed by atoms with E-state index in [4.69, 9.17) is 9.47 Å². The van der Waals surface area contributed by atoms with E-state index in [0.717, 1.165) is 70.0 Å². The smallest absolute Gasteiger partial charge is 0.295 e.